The van der Waals surface area contributed by atoms with E-state index in [0.29, 0.717) is 12.3 Å². The van der Waals surface area contributed by atoms with Crippen molar-refractivity contribution in [1.29, 1.82) is 0 Å². The largest absolute Gasteiger partial charge is 0.355 e. The van der Waals surface area contributed by atoms with E-state index in [1.165, 1.54) is 0 Å². The van der Waals surface area contributed by atoms with Gasteiger partial charge in [0.25, 0.3) is 5.91 Å². The van der Waals surface area contributed by atoms with Crippen molar-refractivity contribution in [2.24, 2.45) is 7.05 Å². The Morgan fingerprint density at radius 3 is 2.65 bits per heavy atom. The normalized spacial score (nSPS) is 10.7. The first-order chi connectivity index (χ1) is 11.1. The fourth-order valence-electron chi connectivity index (χ4n) is 2.45. The van der Waals surface area contributed by atoms with Crippen molar-refractivity contribution in [3.05, 3.63) is 59.0 Å². The van der Waals surface area contributed by atoms with E-state index in [1.54, 1.807) is 10.7 Å². The number of hydrogen-bond acceptors (Lipinski definition) is 4. The van der Waals surface area contributed by atoms with Gasteiger partial charge in [0.05, 0.1) is 5.69 Å². The Morgan fingerprint density at radius 2 is 2.00 bits per heavy atom. The summed E-state index contributed by atoms with van der Waals surface area (Å²) in [6.07, 6.45) is 0. The number of carbonyl (C=O) groups excluding carboxylic acids is 1. The maximum absolute atomic E-state index is 12.2. The molecule has 1 N–H and O–H groups in total. The van der Waals surface area contributed by atoms with Gasteiger partial charge in [0, 0.05) is 36.5 Å². The molecule has 0 bridgehead atoms. The predicted octanol–water partition coefficient (Wildman–Crippen LogP) is 2.62. The van der Waals surface area contributed by atoms with Gasteiger partial charge in [-0.3, -0.25) is 9.48 Å². The van der Waals surface area contributed by atoms with Crippen molar-refractivity contribution in [2.45, 2.75) is 20.4 Å². The summed E-state index contributed by atoms with van der Waals surface area (Å²) in [6, 6.07) is 11.2. The third-order valence-corrected chi connectivity index (χ3v) is 3.89. The SMILES string of the molecule is Cc1nn(C)c(C)c1CNC(=O)c1cc(-c2ccccc2)on1. The first-order valence-corrected chi connectivity index (χ1v) is 7.35. The van der Waals surface area contributed by atoms with Crippen LogP contribution < -0.4 is 5.32 Å². The molecule has 0 atom stereocenters. The summed E-state index contributed by atoms with van der Waals surface area (Å²) in [4.78, 5) is 12.2. The molecular formula is C17H18N4O2. The molecule has 6 nitrogen and oxygen atoms in total. The minimum absolute atomic E-state index is 0.265. The van der Waals surface area contributed by atoms with E-state index in [4.69, 9.17) is 4.52 Å². The Kier molecular flexibility index (Phi) is 3.97. The molecule has 0 saturated carbocycles. The molecule has 0 saturated heterocycles. The Bertz CT molecular complexity index is 834. The van der Waals surface area contributed by atoms with Crippen LogP contribution in [-0.4, -0.2) is 20.8 Å². The van der Waals surface area contributed by atoms with Crippen molar-refractivity contribution in [3.63, 3.8) is 0 Å². The zero-order valence-corrected chi connectivity index (χ0v) is 13.3. The van der Waals surface area contributed by atoms with E-state index in [0.717, 1.165) is 22.5 Å². The average Bonchev–Trinajstić information content (AvgIpc) is 3.13. The fraction of sp³-hybridized carbons (Fsp3) is 0.235. The topological polar surface area (TPSA) is 73.0 Å². The van der Waals surface area contributed by atoms with E-state index in [2.05, 4.69) is 15.6 Å². The van der Waals surface area contributed by atoms with Crippen LogP contribution in [-0.2, 0) is 13.6 Å². The van der Waals surface area contributed by atoms with Crippen LogP contribution in [0.15, 0.2) is 40.9 Å². The van der Waals surface area contributed by atoms with Crippen molar-refractivity contribution in [3.8, 4) is 11.3 Å². The van der Waals surface area contributed by atoms with Crippen LogP contribution in [0.4, 0.5) is 0 Å². The summed E-state index contributed by atoms with van der Waals surface area (Å²) in [7, 11) is 1.89. The van der Waals surface area contributed by atoms with Crippen LogP contribution in [0.3, 0.4) is 0 Å². The molecule has 0 aliphatic rings. The van der Waals surface area contributed by atoms with Gasteiger partial charge in [-0.2, -0.15) is 5.10 Å². The van der Waals surface area contributed by atoms with Crippen LogP contribution in [0.25, 0.3) is 11.3 Å². The van der Waals surface area contributed by atoms with Gasteiger partial charge in [-0.05, 0) is 13.8 Å². The first kappa shape index (κ1) is 15.0. The van der Waals surface area contributed by atoms with Crippen molar-refractivity contribution >= 4 is 5.91 Å². The highest BCUT2D eigenvalue weighted by atomic mass is 16.5. The second-order valence-electron chi connectivity index (χ2n) is 5.40. The average molecular weight is 310 g/mol. The van der Waals surface area contributed by atoms with Gasteiger partial charge >= 0.3 is 0 Å². The molecule has 2 aromatic heterocycles. The van der Waals surface area contributed by atoms with Gasteiger partial charge in [-0.25, -0.2) is 0 Å². The van der Waals surface area contributed by atoms with E-state index >= 15 is 0 Å². The Morgan fingerprint density at radius 1 is 1.26 bits per heavy atom. The summed E-state index contributed by atoms with van der Waals surface area (Å²) in [5, 5.41) is 11.0. The van der Waals surface area contributed by atoms with Crippen LogP contribution in [0, 0.1) is 13.8 Å². The number of aryl methyl sites for hydroxylation is 2. The lowest BCUT2D eigenvalue weighted by molar-refractivity contribution is 0.0942. The quantitative estimate of drug-likeness (QED) is 0.804. The fourth-order valence-corrected chi connectivity index (χ4v) is 2.45. The molecule has 0 unspecified atom stereocenters. The highest BCUT2D eigenvalue weighted by molar-refractivity contribution is 5.93. The third kappa shape index (κ3) is 3.01. The van der Waals surface area contributed by atoms with Gasteiger partial charge in [0.2, 0.25) is 0 Å². The molecule has 0 aliphatic heterocycles. The van der Waals surface area contributed by atoms with Crippen molar-refractivity contribution in [2.75, 3.05) is 0 Å². The maximum Gasteiger partial charge on any atom is 0.273 e. The molecule has 23 heavy (non-hydrogen) atoms. The second-order valence-corrected chi connectivity index (χ2v) is 5.40. The summed E-state index contributed by atoms with van der Waals surface area (Å²) in [6.45, 7) is 4.32. The number of rotatable bonds is 4. The summed E-state index contributed by atoms with van der Waals surface area (Å²) in [5.74, 6) is 0.308. The van der Waals surface area contributed by atoms with Gasteiger partial charge in [-0.1, -0.05) is 35.5 Å². The van der Waals surface area contributed by atoms with Gasteiger partial charge in [0.1, 0.15) is 0 Å². The molecule has 1 aromatic carbocycles. The predicted molar refractivity (Wildman–Crippen MR) is 85.8 cm³/mol. The number of amides is 1. The van der Waals surface area contributed by atoms with Crippen LogP contribution >= 0.6 is 0 Å². The Hall–Kier alpha value is -2.89. The highest BCUT2D eigenvalue weighted by Gasteiger charge is 2.15. The van der Waals surface area contributed by atoms with Crippen LogP contribution in [0.5, 0.6) is 0 Å². The van der Waals surface area contributed by atoms with Gasteiger partial charge in [-0.15, -0.1) is 0 Å². The monoisotopic (exact) mass is 310 g/mol. The zero-order valence-electron chi connectivity index (χ0n) is 13.3. The molecule has 0 radical (unpaired) electrons. The molecule has 0 fully saturated rings. The maximum atomic E-state index is 12.2. The summed E-state index contributed by atoms with van der Waals surface area (Å²) < 4.78 is 7.05. The number of nitrogens with one attached hydrogen (secondary N) is 1. The van der Waals surface area contributed by atoms with E-state index < -0.39 is 0 Å². The number of hydrogen-bond donors (Lipinski definition) is 1. The minimum Gasteiger partial charge on any atom is -0.355 e. The molecule has 3 rings (SSSR count). The Balaban J connectivity index is 1.71. The number of benzene rings is 1. The second kappa shape index (κ2) is 6.08. The highest BCUT2D eigenvalue weighted by Crippen LogP contribution is 2.19. The van der Waals surface area contributed by atoms with Gasteiger partial charge in [0.15, 0.2) is 11.5 Å². The van der Waals surface area contributed by atoms with Crippen LogP contribution in [0.1, 0.15) is 27.4 Å². The lowest BCUT2D eigenvalue weighted by Gasteiger charge is -2.03. The molecule has 0 spiro atoms. The van der Waals surface area contributed by atoms with E-state index in [-0.39, 0.29) is 11.6 Å². The number of nitrogens with zero attached hydrogens (tertiary/aromatic N) is 3. The van der Waals surface area contributed by atoms with E-state index in [1.807, 2.05) is 51.2 Å². The molecule has 118 valence electrons. The van der Waals surface area contributed by atoms with Crippen molar-refractivity contribution in [1.82, 2.24) is 20.3 Å². The first-order valence-electron chi connectivity index (χ1n) is 7.35. The minimum atomic E-state index is -0.265. The Labute approximate surface area is 134 Å². The molecule has 1 amide bonds. The van der Waals surface area contributed by atoms with Gasteiger partial charge < -0.3 is 9.84 Å². The van der Waals surface area contributed by atoms with Crippen molar-refractivity contribution < 1.29 is 9.32 Å². The molecular weight excluding hydrogens is 292 g/mol. The molecule has 2 heterocycles. The van der Waals surface area contributed by atoms with Crippen LogP contribution in [0.2, 0.25) is 0 Å². The molecule has 0 aliphatic carbocycles. The number of carbonyl (C=O) groups is 1. The molecule has 6 heteroatoms. The smallest absolute Gasteiger partial charge is 0.273 e. The standard InChI is InChI=1S/C17H18N4O2/c1-11-14(12(2)21(3)19-11)10-18-17(22)15-9-16(23-20-15)13-7-5-4-6-8-13/h4-9H,10H2,1-3H3,(H,18,22). The van der Waals surface area contributed by atoms with E-state index in [9.17, 15) is 4.79 Å². The summed E-state index contributed by atoms with van der Waals surface area (Å²) >= 11 is 0. The lowest BCUT2D eigenvalue weighted by atomic mass is 10.1. The lowest BCUT2D eigenvalue weighted by Crippen LogP contribution is -2.23. The number of aromatic nitrogens is 3. The zero-order chi connectivity index (χ0) is 16.4. The summed E-state index contributed by atoms with van der Waals surface area (Å²) in [5.41, 5.74) is 4.12. The molecule has 3 aromatic rings. The third-order valence-electron chi connectivity index (χ3n) is 3.89.